The van der Waals surface area contributed by atoms with Crippen molar-refractivity contribution in [1.29, 1.82) is 0 Å². The molecule has 0 radical (unpaired) electrons. The van der Waals surface area contributed by atoms with Gasteiger partial charge in [0.1, 0.15) is 0 Å². The quantitative estimate of drug-likeness (QED) is 0.835. The first-order valence-corrected chi connectivity index (χ1v) is 8.65. The minimum absolute atomic E-state index is 0.121. The Hall–Kier alpha value is -1.72. The molecule has 0 bridgehead atoms. The summed E-state index contributed by atoms with van der Waals surface area (Å²) in [4.78, 5) is 0. The summed E-state index contributed by atoms with van der Waals surface area (Å²) in [5.41, 5.74) is 2.29. The van der Waals surface area contributed by atoms with Gasteiger partial charge in [-0.05, 0) is 48.9 Å². The number of halogens is 1. The molecule has 0 aliphatic heterocycles. The Morgan fingerprint density at radius 2 is 1.67 bits per heavy atom. The number of hydrogen-bond acceptors (Lipinski definition) is 3. The summed E-state index contributed by atoms with van der Waals surface area (Å²) in [5.74, 6) is 0.121. The van der Waals surface area contributed by atoms with Crippen LogP contribution in [-0.2, 0) is 10.0 Å². The predicted octanol–water partition coefficient (Wildman–Crippen LogP) is 4.24. The molecule has 0 atom stereocenters. The van der Waals surface area contributed by atoms with Crippen LogP contribution in [-0.4, -0.2) is 14.2 Å². The van der Waals surface area contributed by atoms with Crippen molar-refractivity contribution in [3.63, 3.8) is 0 Å². The number of nitrogens with one attached hydrogen (secondary N) is 2. The van der Waals surface area contributed by atoms with E-state index in [1.807, 2.05) is 37.3 Å². The summed E-state index contributed by atoms with van der Waals surface area (Å²) in [6, 6.07) is 14.5. The summed E-state index contributed by atoms with van der Waals surface area (Å²) in [6.07, 6.45) is 0.587. The second kappa shape index (κ2) is 6.83. The highest BCUT2D eigenvalue weighted by Crippen LogP contribution is 2.21. The topological polar surface area (TPSA) is 58.2 Å². The normalized spacial score (nSPS) is 11.1. The molecule has 0 heterocycles. The van der Waals surface area contributed by atoms with Crippen molar-refractivity contribution >= 4 is 38.7 Å². The number of benzene rings is 2. The van der Waals surface area contributed by atoms with Crippen molar-refractivity contribution < 1.29 is 8.42 Å². The minimum atomic E-state index is -3.25. The summed E-state index contributed by atoms with van der Waals surface area (Å²) < 4.78 is 25.9. The summed E-state index contributed by atoms with van der Waals surface area (Å²) >= 11 is 5.92. The maximum Gasteiger partial charge on any atom is 0.232 e. The van der Waals surface area contributed by atoms with Crippen LogP contribution in [0.15, 0.2) is 48.5 Å². The molecule has 4 nitrogen and oxygen atoms in total. The monoisotopic (exact) mass is 324 g/mol. The van der Waals surface area contributed by atoms with Gasteiger partial charge in [0.05, 0.1) is 5.75 Å². The molecule has 0 spiro atoms. The number of rotatable bonds is 6. The van der Waals surface area contributed by atoms with Gasteiger partial charge >= 0.3 is 0 Å². The zero-order chi connectivity index (χ0) is 15.3. The first kappa shape index (κ1) is 15.7. The molecule has 0 saturated carbocycles. The lowest BCUT2D eigenvalue weighted by Gasteiger charge is -2.09. The van der Waals surface area contributed by atoms with E-state index in [1.54, 1.807) is 18.2 Å². The highest BCUT2D eigenvalue weighted by molar-refractivity contribution is 7.92. The van der Waals surface area contributed by atoms with Crippen LogP contribution in [0.5, 0.6) is 0 Å². The van der Waals surface area contributed by atoms with Crippen LogP contribution in [0.1, 0.15) is 13.3 Å². The third-order valence-electron chi connectivity index (χ3n) is 2.74. The molecule has 0 aromatic heterocycles. The first-order valence-electron chi connectivity index (χ1n) is 6.61. The van der Waals surface area contributed by atoms with Gasteiger partial charge in [0, 0.05) is 22.1 Å². The molecule has 2 aromatic rings. The molecule has 0 fully saturated rings. The van der Waals surface area contributed by atoms with Gasteiger partial charge in [0.25, 0.3) is 0 Å². The Morgan fingerprint density at radius 1 is 1.00 bits per heavy atom. The van der Waals surface area contributed by atoms with E-state index in [0.717, 1.165) is 11.4 Å². The highest BCUT2D eigenvalue weighted by Gasteiger charge is 2.08. The van der Waals surface area contributed by atoms with Gasteiger partial charge in [0.2, 0.25) is 10.0 Å². The molecule has 21 heavy (non-hydrogen) atoms. The van der Waals surface area contributed by atoms with Crippen molar-refractivity contribution in [2.75, 3.05) is 15.8 Å². The number of sulfonamides is 1. The molecule has 2 N–H and O–H groups in total. The smallest absolute Gasteiger partial charge is 0.232 e. The fourth-order valence-corrected chi connectivity index (χ4v) is 3.18. The molecule has 6 heteroatoms. The van der Waals surface area contributed by atoms with Gasteiger partial charge in [-0.2, -0.15) is 0 Å². The van der Waals surface area contributed by atoms with Crippen LogP contribution >= 0.6 is 11.6 Å². The van der Waals surface area contributed by atoms with Gasteiger partial charge in [0.15, 0.2) is 0 Å². The fourth-order valence-electron chi connectivity index (χ4n) is 1.85. The summed E-state index contributed by atoms with van der Waals surface area (Å²) in [6.45, 7) is 1.83. The van der Waals surface area contributed by atoms with Crippen LogP contribution in [0.3, 0.4) is 0 Å². The zero-order valence-corrected chi connectivity index (χ0v) is 13.2. The average Bonchev–Trinajstić information content (AvgIpc) is 2.40. The molecular formula is C15H17ClN2O2S. The van der Waals surface area contributed by atoms with E-state index in [2.05, 4.69) is 10.0 Å². The van der Waals surface area contributed by atoms with Crippen molar-refractivity contribution in [3.8, 4) is 0 Å². The minimum Gasteiger partial charge on any atom is -0.355 e. The molecule has 112 valence electrons. The lowest BCUT2D eigenvalue weighted by Crippen LogP contribution is -2.15. The van der Waals surface area contributed by atoms with E-state index in [9.17, 15) is 8.42 Å². The van der Waals surface area contributed by atoms with E-state index in [1.165, 1.54) is 0 Å². The molecule has 0 saturated heterocycles. The highest BCUT2D eigenvalue weighted by atomic mass is 35.5. The third-order valence-corrected chi connectivity index (χ3v) is 4.47. The van der Waals surface area contributed by atoms with Crippen LogP contribution in [0.25, 0.3) is 0 Å². The molecule has 0 aliphatic carbocycles. The van der Waals surface area contributed by atoms with Crippen molar-refractivity contribution in [1.82, 2.24) is 0 Å². The molecule has 0 amide bonds. The van der Waals surface area contributed by atoms with Gasteiger partial charge in [-0.3, -0.25) is 4.72 Å². The lowest BCUT2D eigenvalue weighted by molar-refractivity contribution is 0.600. The third kappa shape index (κ3) is 4.95. The Balaban J connectivity index is 2.05. The largest absolute Gasteiger partial charge is 0.355 e. The maximum atomic E-state index is 11.7. The maximum absolute atomic E-state index is 11.7. The van der Waals surface area contributed by atoms with Crippen molar-refractivity contribution in [2.45, 2.75) is 13.3 Å². The summed E-state index contributed by atoms with van der Waals surface area (Å²) in [7, 11) is -3.25. The van der Waals surface area contributed by atoms with E-state index in [-0.39, 0.29) is 5.75 Å². The molecule has 2 rings (SSSR count). The number of anilines is 3. The lowest BCUT2D eigenvalue weighted by atomic mass is 10.2. The van der Waals surface area contributed by atoms with E-state index < -0.39 is 10.0 Å². The van der Waals surface area contributed by atoms with E-state index >= 15 is 0 Å². The summed E-state index contributed by atoms with van der Waals surface area (Å²) in [5, 5.41) is 3.85. The second-order valence-electron chi connectivity index (χ2n) is 4.63. The van der Waals surface area contributed by atoms with E-state index in [4.69, 9.17) is 11.6 Å². The van der Waals surface area contributed by atoms with Gasteiger partial charge in [-0.25, -0.2) is 8.42 Å². The molecule has 0 unspecified atom stereocenters. The molecular weight excluding hydrogens is 308 g/mol. The second-order valence-corrected chi connectivity index (χ2v) is 6.91. The Morgan fingerprint density at radius 3 is 2.29 bits per heavy atom. The van der Waals surface area contributed by atoms with Crippen LogP contribution < -0.4 is 10.0 Å². The van der Waals surface area contributed by atoms with E-state index in [0.29, 0.717) is 17.1 Å². The van der Waals surface area contributed by atoms with Crippen molar-refractivity contribution in [3.05, 3.63) is 53.6 Å². The van der Waals surface area contributed by atoms with Crippen molar-refractivity contribution in [2.24, 2.45) is 0 Å². The van der Waals surface area contributed by atoms with Gasteiger partial charge in [-0.1, -0.05) is 24.6 Å². The van der Waals surface area contributed by atoms with Crippen LogP contribution in [0.4, 0.5) is 17.1 Å². The van der Waals surface area contributed by atoms with Crippen LogP contribution in [0, 0.1) is 0 Å². The van der Waals surface area contributed by atoms with Gasteiger partial charge < -0.3 is 5.32 Å². The van der Waals surface area contributed by atoms with Crippen LogP contribution in [0.2, 0.25) is 5.02 Å². The first-order chi connectivity index (χ1) is 9.98. The Bertz CT molecular complexity index is 700. The molecule has 0 aliphatic rings. The Labute approximate surface area is 130 Å². The zero-order valence-electron chi connectivity index (χ0n) is 11.6. The Kier molecular flexibility index (Phi) is 5.09. The SMILES string of the molecule is CCCS(=O)(=O)Nc1ccc(Nc2cccc(Cl)c2)cc1. The number of hydrogen-bond donors (Lipinski definition) is 2. The van der Waals surface area contributed by atoms with Gasteiger partial charge in [-0.15, -0.1) is 0 Å². The molecule has 2 aromatic carbocycles. The average molecular weight is 325 g/mol. The fraction of sp³-hybridized carbons (Fsp3) is 0.200. The predicted molar refractivity (Wildman–Crippen MR) is 88.9 cm³/mol. The standard InChI is InChI=1S/C15H17ClN2O2S/c1-2-10-21(19,20)18-14-8-6-13(7-9-14)17-15-5-3-4-12(16)11-15/h3-9,11,17-18H,2,10H2,1H3.